The molecule has 0 saturated carbocycles. The fourth-order valence-corrected chi connectivity index (χ4v) is 6.03. The monoisotopic (exact) mass is 499 g/mol. The molecule has 33 heavy (non-hydrogen) atoms. The van der Waals surface area contributed by atoms with E-state index in [0.717, 1.165) is 16.0 Å². The van der Waals surface area contributed by atoms with Gasteiger partial charge in [0.25, 0.3) is 5.56 Å². The van der Waals surface area contributed by atoms with Gasteiger partial charge in [0.05, 0.1) is 17.9 Å². The number of nitrogens with zero attached hydrogens (tertiary/aromatic N) is 2. The van der Waals surface area contributed by atoms with Crippen LogP contribution in [0.15, 0.2) is 51.7 Å². The number of hydrogen-bond acceptors (Lipinski definition) is 8. The summed E-state index contributed by atoms with van der Waals surface area (Å²) in [5.74, 6) is -0.739. The van der Waals surface area contributed by atoms with Crippen LogP contribution in [0.2, 0.25) is 0 Å². The van der Waals surface area contributed by atoms with Crippen molar-refractivity contribution in [3.8, 4) is 11.1 Å². The predicted octanol–water partition coefficient (Wildman–Crippen LogP) is 4.94. The molecule has 7 nitrogen and oxygen atoms in total. The molecular weight excluding hydrogens is 478 g/mol. The molecule has 4 aromatic rings. The first-order valence-electron chi connectivity index (χ1n) is 10.1. The number of nitrogens with one attached hydrogen (secondary N) is 1. The van der Waals surface area contributed by atoms with Gasteiger partial charge in [0.2, 0.25) is 5.91 Å². The fraction of sp³-hybridized carbons (Fsp3) is 0.217. The van der Waals surface area contributed by atoms with Crippen molar-refractivity contribution in [1.29, 1.82) is 0 Å². The summed E-state index contributed by atoms with van der Waals surface area (Å²) >= 11 is 3.85. The zero-order chi connectivity index (χ0) is 23.5. The van der Waals surface area contributed by atoms with Crippen molar-refractivity contribution in [2.75, 3.05) is 17.7 Å². The van der Waals surface area contributed by atoms with Crippen LogP contribution in [-0.4, -0.2) is 33.8 Å². The van der Waals surface area contributed by atoms with E-state index >= 15 is 0 Å². The topological polar surface area (TPSA) is 90.3 Å². The Balaban J connectivity index is 1.59. The van der Waals surface area contributed by atoms with Crippen molar-refractivity contribution in [3.63, 3.8) is 0 Å². The fourth-order valence-electron chi connectivity index (χ4n) is 3.37. The highest BCUT2D eigenvalue weighted by atomic mass is 32.2. The lowest BCUT2D eigenvalue weighted by Crippen LogP contribution is -2.21. The molecule has 0 aliphatic rings. The highest BCUT2D eigenvalue weighted by Gasteiger charge is 2.25. The number of hydrogen-bond donors (Lipinski definition) is 1. The van der Waals surface area contributed by atoms with Gasteiger partial charge in [-0.1, -0.05) is 42.1 Å². The summed E-state index contributed by atoms with van der Waals surface area (Å²) in [4.78, 5) is 43.5. The zero-order valence-corrected chi connectivity index (χ0v) is 20.7. The highest BCUT2D eigenvalue weighted by Crippen LogP contribution is 2.40. The first-order chi connectivity index (χ1) is 15.9. The molecule has 1 aromatic carbocycles. The normalized spacial score (nSPS) is 11.0. The Labute approximate surface area is 202 Å². The summed E-state index contributed by atoms with van der Waals surface area (Å²) in [5.41, 5.74) is 2.48. The van der Waals surface area contributed by atoms with Crippen LogP contribution in [0.1, 0.15) is 22.2 Å². The SMILES string of the molecule is CCOC(=O)c1c(NC(=O)CSc2nc3ccsc3c(=O)n2C)sc(C)c1-c1ccccc1. The van der Waals surface area contributed by atoms with Crippen molar-refractivity contribution in [1.82, 2.24) is 9.55 Å². The average Bonchev–Trinajstić information content (AvgIpc) is 3.40. The van der Waals surface area contributed by atoms with Crippen molar-refractivity contribution in [3.05, 3.63) is 62.6 Å². The van der Waals surface area contributed by atoms with Gasteiger partial charge in [-0.05, 0) is 30.9 Å². The van der Waals surface area contributed by atoms with Gasteiger partial charge < -0.3 is 10.1 Å². The third kappa shape index (κ3) is 4.73. The first kappa shape index (κ1) is 23.2. The van der Waals surface area contributed by atoms with Crippen LogP contribution in [-0.2, 0) is 16.6 Å². The Kier molecular flexibility index (Phi) is 6.96. The quantitative estimate of drug-likeness (QED) is 0.220. The van der Waals surface area contributed by atoms with Crippen molar-refractivity contribution < 1.29 is 14.3 Å². The standard InChI is InChI=1S/C23H21N3O4S3/c1-4-30-22(29)18-17(14-8-6-5-7-9-14)13(2)33-20(18)25-16(27)12-32-23-24-15-10-11-31-19(15)21(28)26(23)3/h5-11H,4,12H2,1-3H3,(H,25,27). The minimum Gasteiger partial charge on any atom is -0.462 e. The summed E-state index contributed by atoms with van der Waals surface area (Å²) < 4.78 is 7.32. The number of carbonyl (C=O) groups is 2. The molecule has 0 spiro atoms. The Morgan fingerprint density at radius 1 is 1.21 bits per heavy atom. The molecule has 0 aliphatic carbocycles. The molecule has 0 atom stereocenters. The number of anilines is 1. The van der Waals surface area contributed by atoms with E-state index in [9.17, 15) is 14.4 Å². The Morgan fingerprint density at radius 2 is 1.97 bits per heavy atom. The van der Waals surface area contributed by atoms with Gasteiger partial charge in [-0.25, -0.2) is 9.78 Å². The zero-order valence-electron chi connectivity index (χ0n) is 18.2. The van der Waals surface area contributed by atoms with Crippen LogP contribution in [0, 0.1) is 6.92 Å². The van der Waals surface area contributed by atoms with E-state index in [4.69, 9.17) is 4.74 Å². The van der Waals surface area contributed by atoms with E-state index in [1.165, 1.54) is 39.0 Å². The second-order valence-electron chi connectivity index (χ2n) is 7.05. The molecular formula is C23H21N3O4S3. The maximum atomic E-state index is 12.8. The smallest absolute Gasteiger partial charge is 0.341 e. The Bertz CT molecular complexity index is 1390. The molecule has 0 bridgehead atoms. The van der Waals surface area contributed by atoms with E-state index < -0.39 is 5.97 Å². The maximum Gasteiger partial charge on any atom is 0.341 e. The number of rotatable bonds is 7. The molecule has 0 unspecified atom stereocenters. The molecule has 10 heteroatoms. The lowest BCUT2D eigenvalue weighted by Gasteiger charge is -2.10. The molecule has 0 fully saturated rings. The van der Waals surface area contributed by atoms with Crippen molar-refractivity contribution in [2.24, 2.45) is 7.05 Å². The lowest BCUT2D eigenvalue weighted by molar-refractivity contribution is -0.113. The third-order valence-electron chi connectivity index (χ3n) is 4.86. The molecule has 3 heterocycles. The lowest BCUT2D eigenvalue weighted by atomic mass is 10.0. The molecule has 0 radical (unpaired) electrons. The van der Waals surface area contributed by atoms with E-state index in [1.807, 2.05) is 42.6 Å². The summed E-state index contributed by atoms with van der Waals surface area (Å²) in [5, 5.41) is 5.59. The number of aryl methyl sites for hydroxylation is 1. The number of benzene rings is 1. The second kappa shape index (κ2) is 9.90. The first-order valence-corrected chi connectivity index (χ1v) is 12.8. The van der Waals surface area contributed by atoms with Crippen LogP contribution >= 0.6 is 34.4 Å². The highest BCUT2D eigenvalue weighted by molar-refractivity contribution is 7.99. The molecule has 3 aromatic heterocycles. The van der Waals surface area contributed by atoms with E-state index in [2.05, 4.69) is 10.3 Å². The molecule has 0 aliphatic heterocycles. The van der Waals surface area contributed by atoms with Gasteiger partial charge >= 0.3 is 5.97 Å². The minimum atomic E-state index is -0.476. The van der Waals surface area contributed by atoms with E-state index in [-0.39, 0.29) is 23.8 Å². The van der Waals surface area contributed by atoms with Crippen LogP contribution in [0.25, 0.3) is 21.3 Å². The largest absolute Gasteiger partial charge is 0.462 e. The molecule has 0 saturated heterocycles. The van der Waals surface area contributed by atoms with Crippen LogP contribution in [0.3, 0.4) is 0 Å². The number of ether oxygens (including phenoxy) is 1. The van der Waals surface area contributed by atoms with Gasteiger partial charge in [0, 0.05) is 17.5 Å². The number of fused-ring (bicyclic) bond motifs is 1. The van der Waals surface area contributed by atoms with Gasteiger partial charge in [-0.3, -0.25) is 14.2 Å². The predicted molar refractivity (Wildman–Crippen MR) is 135 cm³/mol. The number of thiophene rings is 2. The van der Waals surface area contributed by atoms with E-state index in [1.54, 1.807) is 20.0 Å². The van der Waals surface area contributed by atoms with Crippen molar-refractivity contribution in [2.45, 2.75) is 19.0 Å². The number of esters is 1. The maximum absolute atomic E-state index is 12.8. The number of carbonyl (C=O) groups excluding carboxylic acids is 2. The van der Waals surface area contributed by atoms with E-state index in [0.29, 0.717) is 25.9 Å². The van der Waals surface area contributed by atoms with Crippen molar-refractivity contribution >= 4 is 61.5 Å². The molecule has 1 amide bonds. The number of thioether (sulfide) groups is 1. The minimum absolute atomic E-state index is 0.0375. The summed E-state index contributed by atoms with van der Waals surface area (Å²) in [6, 6.07) is 11.3. The second-order valence-corrected chi connectivity index (χ2v) is 10.1. The molecule has 1 N–H and O–H groups in total. The Hall–Kier alpha value is -2.95. The van der Waals surface area contributed by atoms with Gasteiger partial charge in [0.1, 0.15) is 15.3 Å². The van der Waals surface area contributed by atoms with Crippen LogP contribution in [0.5, 0.6) is 0 Å². The number of aromatic nitrogens is 2. The summed E-state index contributed by atoms with van der Waals surface area (Å²) in [6.45, 7) is 3.89. The van der Waals surface area contributed by atoms with Gasteiger partial charge in [-0.15, -0.1) is 22.7 Å². The average molecular weight is 500 g/mol. The molecule has 170 valence electrons. The van der Waals surface area contributed by atoms with Crippen LogP contribution in [0.4, 0.5) is 5.00 Å². The van der Waals surface area contributed by atoms with Gasteiger partial charge in [0.15, 0.2) is 5.16 Å². The summed E-state index contributed by atoms with van der Waals surface area (Å²) in [7, 11) is 1.64. The molecule has 4 rings (SSSR count). The summed E-state index contributed by atoms with van der Waals surface area (Å²) in [6.07, 6.45) is 0. The number of amides is 1. The third-order valence-corrected chi connectivity index (χ3v) is 7.80. The van der Waals surface area contributed by atoms with Crippen LogP contribution < -0.4 is 10.9 Å². The van der Waals surface area contributed by atoms with Gasteiger partial charge in [-0.2, -0.15) is 0 Å². The Morgan fingerprint density at radius 3 is 2.70 bits per heavy atom.